The molecular weight excluding hydrogens is 418 g/mol. The van der Waals surface area contributed by atoms with Gasteiger partial charge in [0.1, 0.15) is 5.69 Å². The number of nitrogens with zero attached hydrogens (tertiary/aromatic N) is 7. The normalized spacial score (nSPS) is 14.0. The molecule has 4 rings (SSSR count). The smallest absolute Gasteiger partial charge is 0.256 e. The average molecular weight is 452 g/mol. The fraction of sp³-hybridized carbons (Fsp3) is 0.600. The number of ether oxygens (including phenoxy) is 1. The van der Waals surface area contributed by atoms with Gasteiger partial charge in [-0.1, -0.05) is 21.3 Å². The number of hydrogen-bond acceptors (Lipinski definition) is 8. The monoisotopic (exact) mass is 451 g/mol. The Labute approximate surface area is 189 Å². The van der Waals surface area contributed by atoms with Crippen LogP contribution in [0.4, 0.5) is 11.5 Å². The molecule has 11 heteroatoms. The van der Waals surface area contributed by atoms with Crippen molar-refractivity contribution in [1.29, 1.82) is 0 Å². The van der Waals surface area contributed by atoms with Crippen LogP contribution in [0.3, 0.4) is 0 Å². The molecule has 4 heterocycles. The fourth-order valence-corrected chi connectivity index (χ4v) is 3.51. The molecule has 1 aliphatic heterocycles. The molecule has 172 valence electrons. The van der Waals surface area contributed by atoms with Gasteiger partial charge in [-0.15, -0.1) is 5.10 Å². The SMILES string of the molecule is C.CC.COc1nn(CCCN2CCNCC2)cc1Nc1nc(Cl)nc2c1ncn2C. The van der Waals surface area contributed by atoms with Crippen molar-refractivity contribution < 1.29 is 4.74 Å². The highest BCUT2D eigenvalue weighted by Gasteiger charge is 2.16. The van der Waals surface area contributed by atoms with Crippen LogP contribution >= 0.6 is 11.6 Å². The van der Waals surface area contributed by atoms with Gasteiger partial charge in [0.15, 0.2) is 17.0 Å². The Morgan fingerprint density at radius 1 is 1.19 bits per heavy atom. The number of anilines is 2. The molecular formula is C20H34ClN9O. The molecule has 0 radical (unpaired) electrons. The van der Waals surface area contributed by atoms with E-state index in [4.69, 9.17) is 16.3 Å². The summed E-state index contributed by atoms with van der Waals surface area (Å²) in [6.45, 7) is 10.2. The molecule has 10 nitrogen and oxygen atoms in total. The molecule has 0 unspecified atom stereocenters. The molecule has 0 atom stereocenters. The van der Waals surface area contributed by atoms with Crippen molar-refractivity contribution in [3.63, 3.8) is 0 Å². The van der Waals surface area contributed by atoms with Gasteiger partial charge in [0.2, 0.25) is 5.28 Å². The van der Waals surface area contributed by atoms with Crippen LogP contribution in [-0.4, -0.2) is 74.0 Å². The number of hydrogen-bond donors (Lipinski definition) is 2. The maximum atomic E-state index is 6.08. The van der Waals surface area contributed by atoms with Crippen LogP contribution in [-0.2, 0) is 13.6 Å². The third-order valence-electron chi connectivity index (χ3n) is 4.78. The number of imidazole rings is 1. The number of halogens is 1. The quantitative estimate of drug-likeness (QED) is 0.529. The molecule has 0 bridgehead atoms. The van der Waals surface area contributed by atoms with E-state index >= 15 is 0 Å². The van der Waals surface area contributed by atoms with Gasteiger partial charge < -0.3 is 24.8 Å². The zero-order chi connectivity index (χ0) is 21.5. The summed E-state index contributed by atoms with van der Waals surface area (Å²) in [4.78, 5) is 15.3. The summed E-state index contributed by atoms with van der Waals surface area (Å²) in [7, 11) is 3.46. The molecule has 0 saturated carbocycles. The first-order chi connectivity index (χ1) is 14.6. The summed E-state index contributed by atoms with van der Waals surface area (Å²) < 4.78 is 9.11. The van der Waals surface area contributed by atoms with Crippen LogP contribution in [0.1, 0.15) is 27.7 Å². The van der Waals surface area contributed by atoms with Gasteiger partial charge in [-0.2, -0.15) is 9.97 Å². The van der Waals surface area contributed by atoms with Crippen molar-refractivity contribution in [2.75, 3.05) is 45.2 Å². The molecule has 0 aromatic carbocycles. The second-order valence-electron chi connectivity index (χ2n) is 6.75. The summed E-state index contributed by atoms with van der Waals surface area (Å²) in [6.07, 6.45) is 4.62. The summed E-state index contributed by atoms with van der Waals surface area (Å²) in [5.74, 6) is 1.02. The van der Waals surface area contributed by atoms with Crippen LogP contribution < -0.4 is 15.4 Å². The minimum Gasteiger partial charge on any atom is -0.478 e. The highest BCUT2D eigenvalue weighted by molar-refractivity contribution is 6.28. The lowest BCUT2D eigenvalue weighted by atomic mass is 10.3. The lowest BCUT2D eigenvalue weighted by molar-refractivity contribution is 0.233. The molecule has 2 N–H and O–H groups in total. The van der Waals surface area contributed by atoms with Crippen LogP contribution in [0.25, 0.3) is 11.2 Å². The molecule has 1 fully saturated rings. The zero-order valence-electron chi connectivity index (χ0n) is 18.0. The first kappa shape index (κ1) is 24.8. The number of aromatic nitrogens is 6. The average Bonchev–Trinajstić information content (AvgIpc) is 3.33. The number of fused-ring (bicyclic) bond motifs is 1. The second-order valence-corrected chi connectivity index (χ2v) is 7.09. The number of rotatable bonds is 7. The van der Waals surface area contributed by atoms with E-state index in [9.17, 15) is 0 Å². The molecule has 0 aliphatic carbocycles. The molecule has 31 heavy (non-hydrogen) atoms. The summed E-state index contributed by atoms with van der Waals surface area (Å²) in [5, 5.41) is 11.3. The van der Waals surface area contributed by atoms with E-state index in [1.54, 1.807) is 18.0 Å². The van der Waals surface area contributed by atoms with Crippen LogP contribution in [0, 0.1) is 0 Å². The summed E-state index contributed by atoms with van der Waals surface area (Å²) in [6, 6.07) is 0. The Hall–Kier alpha value is -2.43. The molecule has 3 aromatic heterocycles. The number of piperazine rings is 1. The first-order valence-corrected chi connectivity index (χ1v) is 10.7. The number of methoxy groups -OCH3 is 1. The van der Waals surface area contributed by atoms with Gasteiger partial charge in [-0.25, -0.2) is 4.98 Å². The van der Waals surface area contributed by atoms with E-state index in [1.165, 1.54) is 0 Å². The van der Waals surface area contributed by atoms with Crippen LogP contribution in [0.5, 0.6) is 5.88 Å². The van der Waals surface area contributed by atoms with Gasteiger partial charge in [-0.3, -0.25) is 4.68 Å². The maximum absolute atomic E-state index is 6.08. The van der Waals surface area contributed by atoms with Gasteiger partial charge >= 0.3 is 0 Å². The molecule has 3 aromatic rings. The Kier molecular flexibility index (Phi) is 9.47. The van der Waals surface area contributed by atoms with E-state index in [2.05, 4.69) is 35.6 Å². The highest BCUT2D eigenvalue weighted by Crippen LogP contribution is 2.29. The standard InChI is InChI=1S/C17H24ClN9O.C2H6.CH4/c1-25-11-20-13-14(22-17(18)23-15(13)25)21-12-10-27(24-16(12)28-2)7-3-6-26-8-4-19-5-9-26;1-2;/h10-11,19H,3-9H2,1-2H3,(H,21,22,23);1-2H3;1H4. The number of nitrogens with one attached hydrogen (secondary N) is 2. The lowest BCUT2D eigenvalue weighted by Crippen LogP contribution is -2.43. The fourth-order valence-electron chi connectivity index (χ4n) is 3.34. The third-order valence-corrected chi connectivity index (χ3v) is 4.95. The minimum atomic E-state index is 0. The lowest BCUT2D eigenvalue weighted by Gasteiger charge is -2.26. The van der Waals surface area contributed by atoms with Crippen LogP contribution in [0.2, 0.25) is 5.28 Å². The largest absolute Gasteiger partial charge is 0.478 e. The van der Waals surface area contributed by atoms with Gasteiger partial charge in [0.05, 0.1) is 19.6 Å². The van der Waals surface area contributed by atoms with Crippen molar-refractivity contribution in [2.24, 2.45) is 7.05 Å². The zero-order valence-corrected chi connectivity index (χ0v) is 18.8. The molecule has 1 saturated heterocycles. The van der Waals surface area contributed by atoms with E-state index in [0.717, 1.165) is 45.7 Å². The highest BCUT2D eigenvalue weighted by atomic mass is 35.5. The summed E-state index contributed by atoms with van der Waals surface area (Å²) in [5.41, 5.74) is 2.01. The van der Waals surface area contributed by atoms with Gasteiger partial charge in [0, 0.05) is 39.8 Å². The maximum Gasteiger partial charge on any atom is 0.256 e. The predicted molar refractivity (Wildman–Crippen MR) is 125 cm³/mol. The van der Waals surface area contributed by atoms with E-state index in [-0.39, 0.29) is 12.7 Å². The van der Waals surface area contributed by atoms with Crippen molar-refractivity contribution in [3.05, 3.63) is 17.8 Å². The Bertz CT molecular complexity index is 950. The molecule has 0 amide bonds. The summed E-state index contributed by atoms with van der Waals surface area (Å²) >= 11 is 6.08. The second kappa shape index (κ2) is 11.8. The van der Waals surface area contributed by atoms with Gasteiger partial charge in [-0.05, 0) is 24.6 Å². The predicted octanol–water partition coefficient (Wildman–Crippen LogP) is 2.92. The van der Waals surface area contributed by atoms with Crippen molar-refractivity contribution in [1.82, 2.24) is 39.5 Å². The molecule has 0 spiro atoms. The van der Waals surface area contributed by atoms with Crippen molar-refractivity contribution in [2.45, 2.75) is 34.2 Å². The van der Waals surface area contributed by atoms with E-state index in [1.807, 2.05) is 31.8 Å². The Balaban J connectivity index is 0.00000111. The van der Waals surface area contributed by atoms with Gasteiger partial charge in [0.25, 0.3) is 5.88 Å². The first-order valence-electron chi connectivity index (χ1n) is 10.3. The third kappa shape index (κ3) is 6.05. The Morgan fingerprint density at radius 3 is 2.65 bits per heavy atom. The number of aryl methyl sites for hydroxylation is 2. The minimum absolute atomic E-state index is 0. The van der Waals surface area contributed by atoms with Crippen molar-refractivity contribution in [3.8, 4) is 5.88 Å². The molecule has 1 aliphatic rings. The van der Waals surface area contributed by atoms with Crippen molar-refractivity contribution >= 4 is 34.3 Å². The topological polar surface area (TPSA) is 98.0 Å². The van der Waals surface area contributed by atoms with E-state index in [0.29, 0.717) is 28.5 Å². The van der Waals surface area contributed by atoms with E-state index < -0.39 is 0 Å². The van der Waals surface area contributed by atoms with Crippen LogP contribution in [0.15, 0.2) is 12.5 Å². The Morgan fingerprint density at radius 2 is 1.94 bits per heavy atom.